The summed E-state index contributed by atoms with van der Waals surface area (Å²) >= 11 is 6.35. The number of nitrogens with zero attached hydrogens (tertiary/aromatic N) is 2. The van der Waals surface area contributed by atoms with Gasteiger partial charge in [-0.3, -0.25) is 9.88 Å². The van der Waals surface area contributed by atoms with Gasteiger partial charge in [-0.25, -0.2) is 0 Å². The summed E-state index contributed by atoms with van der Waals surface area (Å²) in [4.78, 5) is 7.46. The van der Waals surface area contributed by atoms with E-state index >= 15 is 0 Å². The molecule has 0 N–H and O–H groups in total. The summed E-state index contributed by atoms with van der Waals surface area (Å²) in [5.41, 5.74) is 9.51. The molecule has 1 saturated heterocycles. The zero-order valence-electron chi connectivity index (χ0n) is 17.4. The highest BCUT2D eigenvalue weighted by molar-refractivity contribution is 6.30. The van der Waals surface area contributed by atoms with Crippen molar-refractivity contribution in [1.82, 2.24) is 9.88 Å². The Kier molecular flexibility index (Phi) is 5.45. The fraction of sp³-hybridized carbons (Fsp3) is 0.296. The molecule has 0 radical (unpaired) electrons. The van der Waals surface area contributed by atoms with Crippen molar-refractivity contribution >= 4 is 17.2 Å². The van der Waals surface area contributed by atoms with E-state index in [4.69, 9.17) is 16.6 Å². The van der Waals surface area contributed by atoms with Gasteiger partial charge in [0.05, 0.1) is 5.69 Å². The van der Waals surface area contributed by atoms with Crippen LogP contribution >= 0.6 is 11.6 Å². The molecular formula is C27H27ClN2. The van der Waals surface area contributed by atoms with E-state index in [1.165, 1.54) is 39.1 Å². The highest BCUT2D eigenvalue weighted by Crippen LogP contribution is 2.39. The topological polar surface area (TPSA) is 16.1 Å². The molecular weight excluding hydrogens is 388 g/mol. The maximum Gasteiger partial charge on any atom is 0.0739 e. The van der Waals surface area contributed by atoms with Crippen LogP contribution in [0.25, 0.3) is 5.57 Å². The number of aryl methyl sites for hydroxylation is 2. The summed E-state index contributed by atoms with van der Waals surface area (Å²) in [5, 5.41) is 0.823. The Labute approximate surface area is 184 Å². The first-order valence-electron chi connectivity index (χ1n) is 10.9. The Morgan fingerprint density at radius 1 is 0.867 bits per heavy atom. The van der Waals surface area contributed by atoms with E-state index in [0.29, 0.717) is 6.04 Å². The number of benzene rings is 2. The first-order valence-corrected chi connectivity index (χ1v) is 11.3. The molecule has 152 valence electrons. The SMILES string of the molecule is C[C@H](c1ccccc1)N1CCC(=C2c3ccc(Cl)cc3CCc3cccnc32)CC1. The van der Waals surface area contributed by atoms with E-state index in [-0.39, 0.29) is 0 Å². The lowest BCUT2D eigenvalue weighted by atomic mass is 9.88. The van der Waals surface area contributed by atoms with Crippen molar-refractivity contribution in [3.8, 4) is 0 Å². The van der Waals surface area contributed by atoms with Crippen molar-refractivity contribution in [3.63, 3.8) is 0 Å². The molecule has 0 bridgehead atoms. The largest absolute Gasteiger partial charge is 0.296 e. The first kappa shape index (κ1) is 19.5. The fourth-order valence-electron chi connectivity index (χ4n) is 5.01. The molecule has 2 aromatic carbocycles. The summed E-state index contributed by atoms with van der Waals surface area (Å²) in [7, 11) is 0. The normalized spacial score (nSPS) is 17.8. The molecule has 1 aliphatic heterocycles. The zero-order valence-corrected chi connectivity index (χ0v) is 18.2. The van der Waals surface area contributed by atoms with Gasteiger partial charge in [0.15, 0.2) is 0 Å². The molecule has 3 aromatic rings. The molecule has 1 aliphatic carbocycles. The first-order chi connectivity index (χ1) is 14.7. The third kappa shape index (κ3) is 3.71. The molecule has 0 unspecified atom stereocenters. The number of pyridine rings is 1. The van der Waals surface area contributed by atoms with Gasteiger partial charge in [0.2, 0.25) is 0 Å². The number of halogens is 1. The minimum atomic E-state index is 0.448. The summed E-state index contributed by atoms with van der Waals surface area (Å²) < 4.78 is 0. The van der Waals surface area contributed by atoms with Gasteiger partial charge in [0.1, 0.15) is 0 Å². The van der Waals surface area contributed by atoms with Crippen LogP contribution in [-0.4, -0.2) is 23.0 Å². The van der Waals surface area contributed by atoms with Crippen molar-refractivity contribution in [2.75, 3.05) is 13.1 Å². The molecule has 5 rings (SSSR count). The average Bonchev–Trinajstić information content (AvgIpc) is 2.96. The molecule has 3 heteroatoms. The Hall–Kier alpha value is -2.42. The molecule has 0 saturated carbocycles. The Bertz CT molecular complexity index is 1080. The molecule has 1 aromatic heterocycles. The van der Waals surface area contributed by atoms with Gasteiger partial charge >= 0.3 is 0 Å². The summed E-state index contributed by atoms with van der Waals surface area (Å²) in [6.45, 7) is 4.49. The molecule has 0 spiro atoms. The minimum Gasteiger partial charge on any atom is -0.296 e. The third-order valence-corrected chi connectivity index (χ3v) is 6.95. The van der Waals surface area contributed by atoms with Crippen molar-refractivity contribution in [1.29, 1.82) is 0 Å². The van der Waals surface area contributed by atoms with E-state index in [2.05, 4.69) is 66.4 Å². The Balaban J connectivity index is 1.51. The van der Waals surface area contributed by atoms with Crippen LogP contribution in [0.1, 0.15) is 53.8 Å². The summed E-state index contributed by atoms with van der Waals surface area (Å²) in [5.74, 6) is 0. The number of fused-ring (bicyclic) bond motifs is 2. The molecule has 1 fully saturated rings. The molecule has 30 heavy (non-hydrogen) atoms. The highest BCUT2D eigenvalue weighted by atomic mass is 35.5. The minimum absolute atomic E-state index is 0.448. The predicted octanol–water partition coefficient (Wildman–Crippen LogP) is 6.49. The van der Waals surface area contributed by atoms with Crippen LogP contribution in [0, 0.1) is 0 Å². The van der Waals surface area contributed by atoms with Gasteiger partial charge in [-0.1, -0.05) is 59.6 Å². The van der Waals surface area contributed by atoms with Crippen LogP contribution < -0.4 is 0 Å². The third-order valence-electron chi connectivity index (χ3n) is 6.71. The lowest BCUT2D eigenvalue weighted by molar-refractivity contribution is 0.197. The maximum absolute atomic E-state index is 6.35. The van der Waals surface area contributed by atoms with Crippen LogP contribution in [0.3, 0.4) is 0 Å². The lowest BCUT2D eigenvalue weighted by Gasteiger charge is -2.35. The number of aromatic nitrogens is 1. The number of hydrogen-bond acceptors (Lipinski definition) is 2. The van der Waals surface area contributed by atoms with E-state index in [1.54, 1.807) is 0 Å². The quantitative estimate of drug-likeness (QED) is 0.476. The van der Waals surface area contributed by atoms with Gasteiger partial charge in [0.25, 0.3) is 0 Å². The van der Waals surface area contributed by atoms with E-state index in [1.807, 2.05) is 12.3 Å². The molecule has 1 atom stereocenters. The standard InChI is InChI=1S/C27H27ClN2/c1-19(20-6-3-2-4-7-20)30-16-13-21(14-17-30)26-25-12-11-24(28)18-23(25)10-9-22-8-5-15-29-27(22)26/h2-8,11-12,15,18-19H,9-10,13-14,16-17H2,1H3/t19-/m1/s1. The smallest absolute Gasteiger partial charge is 0.0739 e. The van der Waals surface area contributed by atoms with Crippen molar-refractivity contribution in [3.05, 3.63) is 105 Å². The molecule has 2 nitrogen and oxygen atoms in total. The van der Waals surface area contributed by atoms with E-state index in [9.17, 15) is 0 Å². The predicted molar refractivity (Wildman–Crippen MR) is 125 cm³/mol. The Morgan fingerprint density at radius 2 is 1.63 bits per heavy atom. The zero-order chi connectivity index (χ0) is 20.5. The van der Waals surface area contributed by atoms with Crippen LogP contribution in [0.15, 0.2) is 72.4 Å². The summed E-state index contributed by atoms with van der Waals surface area (Å²) in [6, 6.07) is 22.0. The molecule has 2 aliphatic rings. The van der Waals surface area contributed by atoms with Crippen LogP contribution in [0.5, 0.6) is 0 Å². The van der Waals surface area contributed by atoms with Gasteiger partial charge in [-0.15, -0.1) is 0 Å². The molecule has 0 amide bonds. The van der Waals surface area contributed by atoms with Crippen molar-refractivity contribution < 1.29 is 0 Å². The number of piperidine rings is 1. The van der Waals surface area contributed by atoms with Gasteiger partial charge < -0.3 is 0 Å². The van der Waals surface area contributed by atoms with Crippen molar-refractivity contribution in [2.45, 2.75) is 38.6 Å². The maximum atomic E-state index is 6.35. The number of likely N-dealkylation sites (tertiary alicyclic amines) is 1. The van der Waals surface area contributed by atoms with Crippen LogP contribution in [0.4, 0.5) is 0 Å². The average molecular weight is 415 g/mol. The fourth-order valence-corrected chi connectivity index (χ4v) is 5.20. The second-order valence-electron chi connectivity index (χ2n) is 8.41. The van der Waals surface area contributed by atoms with Crippen molar-refractivity contribution in [2.24, 2.45) is 0 Å². The second-order valence-corrected chi connectivity index (χ2v) is 8.85. The monoisotopic (exact) mass is 414 g/mol. The van der Waals surface area contributed by atoms with Gasteiger partial charge in [0, 0.05) is 35.9 Å². The van der Waals surface area contributed by atoms with Crippen LogP contribution in [0.2, 0.25) is 5.02 Å². The summed E-state index contributed by atoms with van der Waals surface area (Å²) in [6.07, 6.45) is 6.15. The second kappa shape index (κ2) is 8.37. The van der Waals surface area contributed by atoms with Crippen LogP contribution in [-0.2, 0) is 12.8 Å². The number of hydrogen-bond donors (Lipinski definition) is 0. The number of rotatable bonds is 2. The van der Waals surface area contributed by atoms with E-state index in [0.717, 1.165) is 43.8 Å². The molecule has 2 heterocycles. The van der Waals surface area contributed by atoms with Gasteiger partial charge in [-0.05, 0) is 73.1 Å². The van der Waals surface area contributed by atoms with Gasteiger partial charge in [-0.2, -0.15) is 0 Å². The Morgan fingerprint density at radius 3 is 2.43 bits per heavy atom. The lowest BCUT2D eigenvalue weighted by Crippen LogP contribution is -2.33. The van der Waals surface area contributed by atoms with E-state index < -0.39 is 0 Å². The highest BCUT2D eigenvalue weighted by Gasteiger charge is 2.26.